The van der Waals surface area contributed by atoms with E-state index in [2.05, 4.69) is 4.98 Å². The maximum Gasteiger partial charge on any atom is 0.140 e. The van der Waals surface area contributed by atoms with Gasteiger partial charge >= 0.3 is 0 Å². The topological polar surface area (TPSA) is 79.8 Å². The van der Waals surface area contributed by atoms with Crippen LogP contribution in [0.15, 0.2) is 18.3 Å². The van der Waals surface area contributed by atoms with Gasteiger partial charge in [-0.15, -0.1) is 0 Å². The van der Waals surface area contributed by atoms with Crippen molar-refractivity contribution in [2.24, 2.45) is 5.73 Å². The van der Waals surface area contributed by atoms with Gasteiger partial charge in [0.05, 0.1) is 0 Å². The number of hydrogen-bond acceptors (Lipinski definition) is 4. The molecule has 4 nitrogen and oxygen atoms in total. The van der Waals surface area contributed by atoms with E-state index in [1.54, 1.807) is 18.3 Å². The Morgan fingerprint density at radius 2 is 2.44 bits per heavy atom. The van der Waals surface area contributed by atoms with Crippen LogP contribution in [0.5, 0.6) is 0 Å². The summed E-state index contributed by atoms with van der Waals surface area (Å²) >= 11 is 0. The van der Waals surface area contributed by atoms with Crippen molar-refractivity contribution in [1.82, 2.24) is 4.98 Å². The van der Waals surface area contributed by atoms with Gasteiger partial charge in [-0.25, -0.2) is 4.98 Å². The Morgan fingerprint density at radius 1 is 1.69 bits per heavy atom. The number of pyridine rings is 1. The fourth-order valence-electron chi connectivity index (χ4n) is 1.30. The summed E-state index contributed by atoms with van der Waals surface area (Å²) in [5.41, 5.74) is 6.66. The molecule has 86 valence electrons. The summed E-state index contributed by atoms with van der Waals surface area (Å²) in [6, 6.07) is 5.42. The van der Waals surface area contributed by atoms with Crippen LogP contribution in [-0.2, 0) is 16.6 Å². The number of aromatic nitrogens is 1. The molecule has 5 heteroatoms. The van der Waals surface area contributed by atoms with Crippen molar-refractivity contribution in [2.45, 2.75) is 24.3 Å². The van der Waals surface area contributed by atoms with Crippen LogP contribution in [-0.4, -0.2) is 21.0 Å². The number of hydrogen-bond donors (Lipinski definition) is 1. The van der Waals surface area contributed by atoms with E-state index in [-0.39, 0.29) is 5.25 Å². The van der Waals surface area contributed by atoms with Crippen molar-refractivity contribution in [2.75, 3.05) is 6.54 Å². The van der Waals surface area contributed by atoms with Gasteiger partial charge in [0.25, 0.3) is 0 Å². The van der Waals surface area contributed by atoms with Crippen LogP contribution in [0.25, 0.3) is 0 Å². The molecule has 0 fully saturated rings. The zero-order valence-electron chi connectivity index (χ0n) is 9.22. The first kappa shape index (κ1) is 12.8. The Balaban J connectivity index is 2.66. The SMILES string of the molecule is CC(CCN)S(=O)Cc1ccnc(C#N)c1. The maximum atomic E-state index is 11.9. The quantitative estimate of drug-likeness (QED) is 0.826. The highest BCUT2D eigenvalue weighted by Crippen LogP contribution is 2.09. The second-order valence-corrected chi connectivity index (χ2v) is 5.43. The van der Waals surface area contributed by atoms with Gasteiger partial charge in [-0.1, -0.05) is 6.92 Å². The molecular formula is C11H15N3OS. The van der Waals surface area contributed by atoms with Gasteiger partial charge in [-0.2, -0.15) is 5.26 Å². The molecule has 0 saturated heterocycles. The summed E-state index contributed by atoms with van der Waals surface area (Å²) < 4.78 is 11.9. The first-order chi connectivity index (χ1) is 7.67. The van der Waals surface area contributed by atoms with Gasteiger partial charge < -0.3 is 5.73 Å². The maximum absolute atomic E-state index is 11.9. The molecular weight excluding hydrogens is 222 g/mol. The van der Waals surface area contributed by atoms with Gasteiger partial charge in [-0.05, 0) is 30.7 Å². The summed E-state index contributed by atoms with van der Waals surface area (Å²) in [5, 5.41) is 8.77. The summed E-state index contributed by atoms with van der Waals surface area (Å²) in [6.07, 6.45) is 2.32. The Labute approximate surface area is 97.9 Å². The number of nitriles is 1. The third-order valence-electron chi connectivity index (χ3n) is 2.27. The molecule has 0 radical (unpaired) electrons. The highest BCUT2D eigenvalue weighted by molar-refractivity contribution is 7.84. The molecule has 0 aromatic carbocycles. The van der Waals surface area contributed by atoms with E-state index in [1.807, 2.05) is 13.0 Å². The average Bonchev–Trinajstić information content (AvgIpc) is 2.29. The fraction of sp³-hybridized carbons (Fsp3) is 0.455. The molecule has 0 aliphatic heterocycles. The third kappa shape index (κ3) is 3.72. The van der Waals surface area contributed by atoms with Gasteiger partial charge in [-0.3, -0.25) is 4.21 Å². The highest BCUT2D eigenvalue weighted by Gasteiger charge is 2.11. The van der Waals surface area contributed by atoms with Crippen LogP contribution < -0.4 is 5.73 Å². The van der Waals surface area contributed by atoms with Crippen LogP contribution in [0.4, 0.5) is 0 Å². The lowest BCUT2D eigenvalue weighted by Crippen LogP contribution is -2.17. The standard InChI is InChI=1S/C11H15N3OS/c1-9(2-4-12)16(15)8-10-3-5-14-11(6-10)7-13/h3,5-6,9H,2,4,8,12H2,1H3. The zero-order chi connectivity index (χ0) is 12.0. The van der Waals surface area contributed by atoms with Crippen LogP contribution in [0.3, 0.4) is 0 Å². The summed E-state index contributed by atoms with van der Waals surface area (Å²) in [6.45, 7) is 2.47. The molecule has 1 aromatic rings. The second-order valence-electron chi connectivity index (χ2n) is 3.57. The van der Waals surface area contributed by atoms with Crippen LogP contribution in [0.1, 0.15) is 24.6 Å². The second kappa shape index (κ2) is 6.36. The molecule has 0 saturated carbocycles. The molecule has 0 amide bonds. The first-order valence-corrected chi connectivity index (χ1v) is 6.48. The van der Waals surface area contributed by atoms with Crippen molar-refractivity contribution >= 4 is 10.8 Å². The number of nitrogens with two attached hydrogens (primary N) is 1. The van der Waals surface area contributed by atoms with E-state index < -0.39 is 10.8 Å². The van der Waals surface area contributed by atoms with Gasteiger partial charge in [0.2, 0.25) is 0 Å². The predicted octanol–water partition coefficient (Wildman–Crippen LogP) is 0.939. The lowest BCUT2D eigenvalue weighted by molar-refractivity contribution is 0.665. The largest absolute Gasteiger partial charge is 0.330 e. The smallest absolute Gasteiger partial charge is 0.140 e. The summed E-state index contributed by atoms with van der Waals surface area (Å²) in [7, 11) is -0.943. The van der Waals surface area contributed by atoms with Crippen LogP contribution in [0.2, 0.25) is 0 Å². The van der Waals surface area contributed by atoms with Crippen molar-refractivity contribution in [1.29, 1.82) is 5.26 Å². The van der Waals surface area contributed by atoms with E-state index >= 15 is 0 Å². The average molecular weight is 237 g/mol. The minimum Gasteiger partial charge on any atom is -0.330 e. The monoisotopic (exact) mass is 237 g/mol. The predicted molar refractivity (Wildman–Crippen MR) is 63.9 cm³/mol. The normalized spacial score (nSPS) is 14.1. The zero-order valence-corrected chi connectivity index (χ0v) is 10.0. The molecule has 0 bridgehead atoms. The van der Waals surface area contributed by atoms with Crippen molar-refractivity contribution < 1.29 is 4.21 Å². The lowest BCUT2D eigenvalue weighted by Gasteiger charge is -2.09. The van der Waals surface area contributed by atoms with E-state index in [0.717, 1.165) is 12.0 Å². The molecule has 1 heterocycles. The van der Waals surface area contributed by atoms with Gasteiger partial charge in [0.1, 0.15) is 11.8 Å². The molecule has 16 heavy (non-hydrogen) atoms. The van der Waals surface area contributed by atoms with E-state index in [9.17, 15) is 4.21 Å². The van der Waals surface area contributed by atoms with E-state index in [4.69, 9.17) is 11.0 Å². The van der Waals surface area contributed by atoms with Crippen LogP contribution in [0, 0.1) is 11.3 Å². The minimum atomic E-state index is -0.943. The highest BCUT2D eigenvalue weighted by atomic mass is 32.2. The Morgan fingerprint density at radius 3 is 3.06 bits per heavy atom. The molecule has 1 aromatic heterocycles. The van der Waals surface area contributed by atoms with Crippen molar-refractivity contribution in [3.05, 3.63) is 29.6 Å². The first-order valence-electron chi connectivity index (χ1n) is 5.09. The fourth-order valence-corrected chi connectivity index (χ4v) is 2.49. The molecule has 2 atom stereocenters. The molecule has 2 N–H and O–H groups in total. The molecule has 2 unspecified atom stereocenters. The van der Waals surface area contributed by atoms with Crippen molar-refractivity contribution in [3.8, 4) is 6.07 Å². The summed E-state index contributed by atoms with van der Waals surface area (Å²) in [5.74, 6) is 0.457. The molecule has 1 rings (SSSR count). The minimum absolute atomic E-state index is 0.0868. The Hall–Kier alpha value is -1.25. The molecule has 0 aliphatic carbocycles. The van der Waals surface area contributed by atoms with Crippen LogP contribution >= 0.6 is 0 Å². The van der Waals surface area contributed by atoms with Gasteiger partial charge in [0, 0.05) is 28.0 Å². The summed E-state index contributed by atoms with van der Waals surface area (Å²) in [4.78, 5) is 3.87. The Bertz CT molecular complexity index is 414. The molecule has 0 spiro atoms. The number of rotatable bonds is 5. The lowest BCUT2D eigenvalue weighted by atomic mass is 10.2. The molecule has 0 aliphatic rings. The Kier molecular flexibility index (Phi) is 5.09. The third-order valence-corrected chi connectivity index (χ3v) is 4.02. The van der Waals surface area contributed by atoms with E-state index in [0.29, 0.717) is 18.0 Å². The van der Waals surface area contributed by atoms with Gasteiger partial charge in [0.15, 0.2) is 0 Å². The van der Waals surface area contributed by atoms with E-state index in [1.165, 1.54) is 0 Å². The number of nitrogens with zero attached hydrogens (tertiary/aromatic N) is 2. The van der Waals surface area contributed by atoms with Crippen molar-refractivity contribution in [3.63, 3.8) is 0 Å².